The van der Waals surface area contributed by atoms with Gasteiger partial charge >= 0.3 is 0 Å². The molecule has 3 aromatic heterocycles. The van der Waals surface area contributed by atoms with Gasteiger partial charge in [-0.3, -0.25) is 9.97 Å². The van der Waals surface area contributed by atoms with Crippen molar-refractivity contribution in [2.45, 2.75) is 0 Å². The third kappa shape index (κ3) is 6.01. The van der Waals surface area contributed by atoms with Crippen molar-refractivity contribution >= 4 is 76.2 Å². The molecule has 3 heterocycles. The van der Waals surface area contributed by atoms with Gasteiger partial charge in [0.25, 0.3) is 0 Å². The Balaban J connectivity index is 0.862. The summed E-state index contributed by atoms with van der Waals surface area (Å²) in [5.74, 6) is 0. The Bertz CT molecular complexity index is 3960. The number of rotatable bonds is 6. The van der Waals surface area contributed by atoms with Gasteiger partial charge in [0, 0.05) is 56.1 Å². The molecule has 0 spiro atoms. The zero-order chi connectivity index (χ0) is 44.7. The summed E-state index contributed by atoms with van der Waals surface area (Å²) in [7, 11) is 0. The van der Waals surface area contributed by atoms with Gasteiger partial charge in [0.2, 0.25) is 0 Å². The molecule has 11 aromatic carbocycles. The van der Waals surface area contributed by atoms with Gasteiger partial charge in [-0.25, -0.2) is 0 Å². The minimum atomic E-state index is 0.912. The molecule has 0 atom stereocenters. The molecule has 0 radical (unpaired) electrons. The van der Waals surface area contributed by atoms with Crippen molar-refractivity contribution < 1.29 is 0 Å². The van der Waals surface area contributed by atoms with Gasteiger partial charge in [0.05, 0.1) is 33.1 Å². The Labute approximate surface area is 392 Å². The van der Waals surface area contributed by atoms with Crippen LogP contribution in [0.15, 0.2) is 243 Å². The van der Waals surface area contributed by atoms with E-state index in [2.05, 4.69) is 240 Å². The first-order chi connectivity index (χ1) is 33.7. The van der Waals surface area contributed by atoms with Crippen LogP contribution in [-0.2, 0) is 0 Å². The molecule has 0 bridgehead atoms. The Morgan fingerprint density at radius 1 is 0.221 bits per heavy atom. The minimum Gasteiger partial charge on any atom is -0.309 e. The lowest BCUT2D eigenvalue weighted by atomic mass is 9.92. The maximum absolute atomic E-state index is 4.90. The molecule has 0 aliphatic heterocycles. The highest BCUT2D eigenvalue weighted by Gasteiger charge is 2.17. The van der Waals surface area contributed by atoms with Gasteiger partial charge in [0.15, 0.2) is 0 Å². The van der Waals surface area contributed by atoms with E-state index in [1.165, 1.54) is 65.9 Å². The summed E-state index contributed by atoms with van der Waals surface area (Å²) in [6.07, 6.45) is 3.60. The zero-order valence-electron chi connectivity index (χ0n) is 36.9. The number of fused-ring (bicyclic) bond motifs is 12. The van der Waals surface area contributed by atoms with E-state index in [4.69, 9.17) is 9.97 Å². The van der Waals surface area contributed by atoms with Crippen LogP contribution in [0.2, 0.25) is 0 Å². The van der Waals surface area contributed by atoms with Gasteiger partial charge in [0.1, 0.15) is 0 Å². The second-order valence-corrected chi connectivity index (χ2v) is 17.8. The summed E-state index contributed by atoms with van der Waals surface area (Å²) in [5, 5.41) is 9.53. The summed E-state index contributed by atoms with van der Waals surface area (Å²) in [6, 6.07) is 84.1. The standard InChI is InChI=1S/C64H40N4/c1-5-25-59-51(21-1)52-22-2-6-26-60(52)67(59)49-19-11-17-45(37-49)41-13-9-15-43(35-41)47-29-31-55-57(39-47)58-40-48(30-32-56(58)64-63(55)65-33-34-66-64)44-16-10-14-42(36-44)46-18-12-20-50(38-46)68-61-27-7-3-23-53(61)54-24-4-8-28-62(54)68/h1-40H. The lowest BCUT2D eigenvalue weighted by Crippen LogP contribution is -1.94. The maximum Gasteiger partial charge on any atom is 0.0971 e. The summed E-state index contributed by atoms with van der Waals surface area (Å²) in [4.78, 5) is 9.80. The van der Waals surface area contributed by atoms with E-state index in [9.17, 15) is 0 Å². The van der Waals surface area contributed by atoms with E-state index in [1.807, 2.05) is 0 Å². The van der Waals surface area contributed by atoms with E-state index in [-0.39, 0.29) is 0 Å². The third-order valence-corrected chi connectivity index (χ3v) is 14.0. The van der Waals surface area contributed by atoms with Gasteiger partial charge in [-0.15, -0.1) is 0 Å². The van der Waals surface area contributed by atoms with Crippen LogP contribution >= 0.6 is 0 Å². The van der Waals surface area contributed by atoms with Crippen molar-refractivity contribution in [1.29, 1.82) is 0 Å². The van der Waals surface area contributed by atoms with Gasteiger partial charge in [-0.1, -0.05) is 158 Å². The largest absolute Gasteiger partial charge is 0.309 e. The first kappa shape index (κ1) is 38.2. The summed E-state index contributed by atoms with van der Waals surface area (Å²) in [5.41, 5.74) is 18.2. The Hall–Kier alpha value is -9.12. The number of hydrogen-bond donors (Lipinski definition) is 0. The molecule has 14 aromatic rings. The number of para-hydroxylation sites is 4. The average molecular weight is 865 g/mol. The summed E-state index contributed by atoms with van der Waals surface area (Å²) >= 11 is 0. The lowest BCUT2D eigenvalue weighted by molar-refractivity contribution is 1.18. The molecule has 0 fully saturated rings. The molecule has 0 saturated carbocycles. The molecule has 4 nitrogen and oxygen atoms in total. The Morgan fingerprint density at radius 3 is 0.897 bits per heavy atom. The lowest BCUT2D eigenvalue weighted by Gasteiger charge is -2.14. The first-order valence-electron chi connectivity index (χ1n) is 23.2. The van der Waals surface area contributed by atoms with E-state index in [0.29, 0.717) is 0 Å². The highest BCUT2D eigenvalue weighted by Crippen LogP contribution is 2.40. The van der Waals surface area contributed by atoms with E-state index >= 15 is 0 Å². The van der Waals surface area contributed by atoms with Crippen molar-refractivity contribution in [3.63, 3.8) is 0 Å². The first-order valence-corrected chi connectivity index (χ1v) is 23.2. The highest BCUT2D eigenvalue weighted by molar-refractivity contribution is 6.24. The molecular weight excluding hydrogens is 825 g/mol. The van der Waals surface area contributed by atoms with Gasteiger partial charge in [-0.05, 0) is 128 Å². The number of benzene rings is 11. The molecular formula is C64H40N4. The molecule has 0 amide bonds. The van der Waals surface area contributed by atoms with Crippen LogP contribution in [0.5, 0.6) is 0 Å². The number of hydrogen-bond acceptors (Lipinski definition) is 2. The number of aromatic nitrogens is 4. The molecule has 0 N–H and O–H groups in total. The summed E-state index contributed by atoms with van der Waals surface area (Å²) in [6.45, 7) is 0. The van der Waals surface area contributed by atoms with Crippen LogP contribution in [0.4, 0.5) is 0 Å². The molecule has 0 aliphatic rings. The monoisotopic (exact) mass is 864 g/mol. The second kappa shape index (κ2) is 15.2. The fourth-order valence-corrected chi connectivity index (χ4v) is 10.8. The van der Waals surface area contributed by atoms with Crippen LogP contribution in [0.3, 0.4) is 0 Å². The van der Waals surface area contributed by atoms with E-state index in [0.717, 1.165) is 66.2 Å². The fourth-order valence-electron chi connectivity index (χ4n) is 10.8. The van der Waals surface area contributed by atoms with E-state index < -0.39 is 0 Å². The van der Waals surface area contributed by atoms with Crippen molar-refractivity contribution in [2.75, 3.05) is 0 Å². The van der Waals surface area contributed by atoms with Crippen LogP contribution in [0, 0.1) is 0 Å². The fraction of sp³-hybridized carbons (Fsp3) is 0. The smallest absolute Gasteiger partial charge is 0.0971 e. The summed E-state index contributed by atoms with van der Waals surface area (Å²) < 4.78 is 4.77. The average Bonchev–Trinajstić information content (AvgIpc) is 3.94. The minimum absolute atomic E-state index is 0.912. The predicted molar refractivity (Wildman–Crippen MR) is 285 cm³/mol. The van der Waals surface area contributed by atoms with Crippen molar-refractivity contribution in [3.05, 3.63) is 243 Å². The normalized spacial score (nSPS) is 11.8. The Morgan fingerprint density at radius 2 is 0.529 bits per heavy atom. The van der Waals surface area contributed by atoms with Crippen LogP contribution in [0.25, 0.3) is 132 Å². The van der Waals surface area contributed by atoms with Crippen LogP contribution in [-0.4, -0.2) is 19.1 Å². The molecule has 316 valence electrons. The topological polar surface area (TPSA) is 35.6 Å². The van der Waals surface area contributed by atoms with Crippen LogP contribution in [0.1, 0.15) is 0 Å². The quantitative estimate of drug-likeness (QED) is 0.156. The third-order valence-electron chi connectivity index (χ3n) is 14.0. The highest BCUT2D eigenvalue weighted by atomic mass is 15.0. The molecule has 4 heteroatoms. The molecule has 0 saturated heterocycles. The second-order valence-electron chi connectivity index (χ2n) is 17.8. The maximum atomic E-state index is 4.90. The zero-order valence-corrected chi connectivity index (χ0v) is 36.9. The van der Waals surface area contributed by atoms with Crippen molar-refractivity contribution in [2.24, 2.45) is 0 Å². The van der Waals surface area contributed by atoms with Crippen LogP contribution < -0.4 is 0 Å². The van der Waals surface area contributed by atoms with Gasteiger partial charge < -0.3 is 9.13 Å². The molecule has 0 unspecified atom stereocenters. The molecule has 14 rings (SSSR count). The Kier molecular flexibility index (Phi) is 8.55. The molecule has 0 aliphatic carbocycles. The van der Waals surface area contributed by atoms with E-state index in [1.54, 1.807) is 12.4 Å². The van der Waals surface area contributed by atoms with Crippen molar-refractivity contribution in [3.8, 4) is 55.9 Å². The SMILES string of the molecule is c1cc(-c2cccc(-n3c4ccccc4c4ccccc43)c2)cc(-c2ccc3c(c2)c2cc(-c4cccc(-c5cccc(-n6c7ccccc7c7ccccc76)c5)c4)ccc2c2nccnc32)c1. The number of nitrogens with zero attached hydrogens (tertiary/aromatic N) is 4. The van der Waals surface area contributed by atoms with Gasteiger partial charge in [-0.2, -0.15) is 0 Å². The molecule has 68 heavy (non-hydrogen) atoms. The predicted octanol–water partition coefficient (Wildman–Crippen LogP) is 16.8. The van der Waals surface area contributed by atoms with Crippen molar-refractivity contribution in [1.82, 2.24) is 19.1 Å².